The van der Waals surface area contributed by atoms with Gasteiger partial charge in [-0.1, -0.05) is 6.08 Å². The maximum Gasteiger partial charge on any atom is 0.330 e. The van der Waals surface area contributed by atoms with Gasteiger partial charge in [-0.15, -0.1) is 0 Å². The molecule has 0 aliphatic heterocycles. The molecular weight excluding hydrogens is 148 g/mol. The van der Waals surface area contributed by atoms with E-state index >= 15 is 0 Å². The number of hydrogen-bond acceptors (Lipinski definition) is 2. The van der Waals surface area contributed by atoms with Crippen LogP contribution in [0.1, 0.15) is 13.8 Å². The number of aliphatic carboxylic acids is 2. The Kier molecular flexibility index (Phi) is 3.30. The van der Waals surface area contributed by atoms with Gasteiger partial charge >= 0.3 is 11.9 Å². The van der Waals surface area contributed by atoms with Crippen LogP contribution in [0.25, 0.3) is 0 Å². The summed E-state index contributed by atoms with van der Waals surface area (Å²) >= 11 is 0. The number of rotatable bonds is 3. The van der Waals surface area contributed by atoms with Gasteiger partial charge in [0.1, 0.15) is 0 Å². The van der Waals surface area contributed by atoms with E-state index in [4.69, 9.17) is 10.2 Å². The van der Waals surface area contributed by atoms with Crippen molar-refractivity contribution >= 4 is 11.9 Å². The van der Waals surface area contributed by atoms with Crippen molar-refractivity contribution in [2.24, 2.45) is 5.92 Å². The maximum absolute atomic E-state index is 10.2. The average molecular weight is 158 g/mol. The second kappa shape index (κ2) is 3.75. The van der Waals surface area contributed by atoms with E-state index < -0.39 is 17.9 Å². The SMILES string of the molecule is C/C(=C/[C@H](C)C(=O)O)C(=O)O. The molecule has 0 amide bonds. The van der Waals surface area contributed by atoms with Gasteiger partial charge in [-0.2, -0.15) is 0 Å². The van der Waals surface area contributed by atoms with Crippen LogP contribution in [-0.4, -0.2) is 22.2 Å². The van der Waals surface area contributed by atoms with Gasteiger partial charge in [-0.25, -0.2) is 4.79 Å². The van der Waals surface area contributed by atoms with Gasteiger partial charge in [0.05, 0.1) is 5.92 Å². The summed E-state index contributed by atoms with van der Waals surface area (Å²) in [6.45, 7) is 2.79. The molecular formula is C7H10O4. The number of carbonyl (C=O) groups is 2. The highest BCUT2D eigenvalue weighted by atomic mass is 16.4. The molecule has 0 saturated heterocycles. The fourth-order valence-electron chi connectivity index (χ4n) is 0.518. The Morgan fingerprint density at radius 2 is 1.82 bits per heavy atom. The van der Waals surface area contributed by atoms with Crippen molar-refractivity contribution in [1.82, 2.24) is 0 Å². The first kappa shape index (κ1) is 9.68. The predicted octanol–water partition coefficient (Wildman–Crippen LogP) is 0.738. The van der Waals surface area contributed by atoms with E-state index in [1.54, 1.807) is 0 Å². The number of hydrogen-bond donors (Lipinski definition) is 2. The van der Waals surface area contributed by atoms with Crippen LogP contribution in [-0.2, 0) is 9.59 Å². The van der Waals surface area contributed by atoms with Crippen LogP contribution >= 0.6 is 0 Å². The molecule has 0 radical (unpaired) electrons. The van der Waals surface area contributed by atoms with Gasteiger partial charge in [0, 0.05) is 5.57 Å². The van der Waals surface area contributed by atoms with Crippen LogP contribution in [0.15, 0.2) is 11.6 Å². The Balaban J connectivity index is 4.31. The molecule has 0 saturated carbocycles. The molecule has 11 heavy (non-hydrogen) atoms. The molecule has 2 N–H and O–H groups in total. The first-order chi connectivity index (χ1) is 4.95. The summed E-state index contributed by atoms with van der Waals surface area (Å²) in [4.78, 5) is 20.4. The molecule has 4 nitrogen and oxygen atoms in total. The standard InChI is InChI=1S/C7H10O4/c1-4(6(8)9)3-5(2)7(10)11/h3-4H,1-2H3,(H,8,9)(H,10,11)/b5-3-/t4-/m0/s1. The van der Waals surface area contributed by atoms with E-state index in [-0.39, 0.29) is 5.57 Å². The van der Waals surface area contributed by atoms with Crippen LogP contribution in [0, 0.1) is 5.92 Å². The Hall–Kier alpha value is -1.32. The van der Waals surface area contributed by atoms with Crippen molar-refractivity contribution in [1.29, 1.82) is 0 Å². The maximum atomic E-state index is 10.2. The first-order valence-corrected chi connectivity index (χ1v) is 3.09. The van der Waals surface area contributed by atoms with Gasteiger partial charge in [0.2, 0.25) is 0 Å². The highest BCUT2D eigenvalue weighted by Crippen LogP contribution is 2.02. The zero-order valence-corrected chi connectivity index (χ0v) is 6.37. The minimum atomic E-state index is -1.09. The van der Waals surface area contributed by atoms with Crippen molar-refractivity contribution in [3.05, 3.63) is 11.6 Å². The highest BCUT2D eigenvalue weighted by molar-refractivity contribution is 5.87. The molecule has 0 bridgehead atoms. The van der Waals surface area contributed by atoms with Gasteiger partial charge in [-0.05, 0) is 13.8 Å². The van der Waals surface area contributed by atoms with E-state index in [9.17, 15) is 9.59 Å². The molecule has 0 unspecified atom stereocenters. The minimum absolute atomic E-state index is 0.0555. The summed E-state index contributed by atoms with van der Waals surface area (Å²) in [7, 11) is 0. The van der Waals surface area contributed by atoms with Crippen LogP contribution in [0.5, 0.6) is 0 Å². The lowest BCUT2D eigenvalue weighted by Crippen LogP contribution is -2.08. The lowest BCUT2D eigenvalue weighted by Gasteiger charge is -1.98. The van der Waals surface area contributed by atoms with Crippen molar-refractivity contribution in [3.63, 3.8) is 0 Å². The first-order valence-electron chi connectivity index (χ1n) is 3.09. The van der Waals surface area contributed by atoms with Crippen LogP contribution in [0.3, 0.4) is 0 Å². The van der Waals surface area contributed by atoms with Crippen LogP contribution in [0.2, 0.25) is 0 Å². The van der Waals surface area contributed by atoms with Crippen molar-refractivity contribution < 1.29 is 19.8 Å². The Morgan fingerprint density at radius 3 is 2.09 bits per heavy atom. The van der Waals surface area contributed by atoms with E-state index in [2.05, 4.69) is 0 Å². The molecule has 0 fully saturated rings. The second-order valence-corrected chi connectivity index (χ2v) is 2.28. The lowest BCUT2D eigenvalue weighted by molar-refractivity contribution is -0.139. The highest BCUT2D eigenvalue weighted by Gasteiger charge is 2.09. The molecule has 0 aromatic carbocycles. The summed E-state index contributed by atoms with van der Waals surface area (Å²) in [6, 6.07) is 0. The summed E-state index contributed by atoms with van der Waals surface area (Å²) < 4.78 is 0. The van der Waals surface area contributed by atoms with E-state index in [1.807, 2.05) is 0 Å². The van der Waals surface area contributed by atoms with Crippen molar-refractivity contribution in [2.45, 2.75) is 13.8 Å². The zero-order chi connectivity index (χ0) is 9.02. The fraction of sp³-hybridized carbons (Fsp3) is 0.429. The summed E-state index contributed by atoms with van der Waals surface area (Å²) in [6.07, 6.45) is 1.20. The molecule has 0 spiro atoms. The third-order valence-corrected chi connectivity index (χ3v) is 1.23. The van der Waals surface area contributed by atoms with Gasteiger partial charge in [0.15, 0.2) is 0 Å². The molecule has 4 heteroatoms. The molecule has 0 heterocycles. The largest absolute Gasteiger partial charge is 0.481 e. The molecule has 0 aromatic heterocycles. The third-order valence-electron chi connectivity index (χ3n) is 1.23. The smallest absolute Gasteiger partial charge is 0.330 e. The van der Waals surface area contributed by atoms with E-state index in [0.717, 1.165) is 0 Å². The predicted molar refractivity (Wildman–Crippen MR) is 38.2 cm³/mol. The lowest BCUT2D eigenvalue weighted by atomic mass is 10.1. The zero-order valence-electron chi connectivity index (χ0n) is 6.37. The third kappa shape index (κ3) is 3.40. The van der Waals surface area contributed by atoms with Gasteiger partial charge in [-0.3, -0.25) is 4.79 Å². The van der Waals surface area contributed by atoms with E-state index in [0.29, 0.717) is 0 Å². The van der Waals surface area contributed by atoms with Crippen LogP contribution < -0.4 is 0 Å². The Morgan fingerprint density at radius 1 is 1.36 bits per heavy atom. The topological polar surface area (TPSA) is 74.6 Å². The quantitative estimate of drug-likeness (QED) is 0.594. The fourth-order valence-corrected chi connectivity index (χ4v) is 0.518. The summed E-state index contributed by atoms with van der Waals surface area (Å²) in [5, 5.41) is 16.7. The molecule has 0 aromatic rings. The number of carboxylic acids is 2. The second-order valence-electron chi connectivity index (χ2n) is 2.28. The van der Waals surface area contributed by atoms with Gasteiger partial charge < -0.3 is 10.2 Å². The monoisotopic (exact) mass is 158 g/mol. The Labute approximate surface area is 64.2 Å². The minimum Gasteiger partial charge on any atom is -0.481 e. The van der Waals surface area contributed by atoms with Crippen molar-refractivity contribution in [2.75, 3.05) is 0 Å². The molecule has 0 aliphatic carbocycles. The molecule has 0 rings (SSSR count). The summed E-state index contributed by atoms with van der Waals surface area (Å²) in [5.41, 5.74) is 0.0555. The molecule has 0 aliphatic rings. The average Bonchev–Trinajstić information content (AvgIpc) is 1.87. The van der Waals surface area contributed by atoms with Crippen molar-refractivity contribution in [3.8, 4) is 0 Å². The Bertz CT molecular complexity index is 204. The van der Waals surface area contributed by atoms with E-state index in [1.165, 1.54) is 19.9 Å². The number of carboxylic acid groups (broad SMARTS) is 2. The molecule has 62 valence electrons. The molecule has 1 atom stereocenters. The normalized spacial score (nSPS) is 14.2. The van der Waals surface area contributed by atoms with Gasteiger partial charge in [0.25, 0.3) is 0 Å². The summed E-state index contributed by atoms with van der Waals surface area (Å²) in [5.74, 6) is -2.85. The van der Waals surface area contributed by atoms with Crippen LogP contribution in [0.4, 0.5) is 0 Å².